The maximum absolute atomic E-state index is 6.27. The Morgan fingerprint density at radius 3 is 2.72 bits per heavy atom. The summed E-state index contributed by atoms with van der Waals surface area (Å²) in [6, 6.07) is 8.59. The van der Waals surface area contributed by atoms with Crippen LogP contribution in [-0.4, -0.2) is 7.11 Å². The van der Waals surface area contributed by atoms with Gasteiger partial charge < -0.3 is 10.5 Å². The predicted molar refractivity (Wildman–Crippen MR) is 77.4 cm³/mol. The molecule has 0 saturated heterocycles. The van der Waals surface area contributed by atoms with E-state index in [1.165, 1.54) is 21.6 Å². The molecule has 0 aliphatic heterocycles. The zero-order valence-electron chi connectivity index (χ0n) is 11.1. The maximum atomic E-state index is 6.27. The summed E-state index contributed by atoms with van der Waals surface area (Å²) in [6.45, 7) is 4.25. The molecule has 0 bridgehead atoms. The van der Waals surface area contributed by atoms with Crippen molar-refractivity contribution in [1.29, 1.82) is 0 Å². The summed E-state index contributed by atoms with van der Waals surface area (Å²) in [6.07, 6.45) is 0.872. The lowest BCUT2D eigenvalue weighted by Crippen LogP contribution is -2.12. The molecule has 0 aliphatic rings. The molecule has 0 saturated carbocycles. The molecule has 0 radical (unpaired) electrons. The first kappa shape index (κ1) is 13.1. The van der Waals surface area contributed by atoms with Gasteiger partial charge in [0.1, 0.15) is 5.75 Å². The molecule has 18 heavy (non-hydrogen) atoms. The lowest BCUT2D eigenvalue weighted by molar-refractivity contribution is 0.416. The van der Waals surface area contributed by atoms with Crippen molar-refractivity contribution < 1.29 is 4.74 Å². The number of thiophene rings is 1. The van der Waals surface area contributed by atoms with Crippen LogP contribution in [0.1, 0.15) is 27.6 Å². The molecule has 96 valence electrons. The van der Waals surface area contributed by atoms with Crippen LogP contribution in [-0.2, 0) is 6.42 Å². The SMILES string of the molecule is COc1csc(C(N)Cc2cc(C)ccc2C)c1. The highest BCUT2D eigenvalue weighted by atomic mass is 32.1. The first-order valence-corrected chi connectivity index (χ1v) is 6.92. The van der Waals surface area contributed by atoms with Crippen LogP contribution in [0.15, 0.2) is 29.6 Å². The Morgan fingerprint density at radius 1 is 1.28 bits per heavy atom. The first-order chi connectivity index (χ1) is 8.60. The van der Waals surface area contributed by atoms with Crippen LogP contribution in [0.3, 0.4) is 0 Å². The number of hydrogen-bond donors (Lipinski definition) is 1. The van der Waals surface area contributed by atoms with E-state index in [0.29, 0.717) is 0 Å². The maximum Gasteiger partial charge on any atom is 0.129 e. The van der Waals surface area contributed by atoms with Crippen molar-refractivity contribution in [2.45, 2.75) is 26.3 Å². The lowest BCUT2D eigenvalue weighted by Gasteiger charge is -2.12. The molecule has 3 heteroatoms. The van der Waals surface area contributed by atoms with Crippen LogP contribution < -0.4 is 10.5 Å². The molecule has 0 amide bonds. The number of rotatable bonds is 4. The molecule has 2 N–H and O–H groups in total. The van der Waals surface area contributed by atoms with Gasteiger partial charge in [-0.05, 0) is 37.5 Å². The largest absolute Gasteiger partial charge is 0.496 e. The lowest BCUT2D eigenvalue weighted by atomic mass is 9.99. The van der Waals surface area contributed by atoms with E-state index in [1.54, 1.807) is 18.4 Å². The van der Waals surface area contributed by atoms with Crippen LogP contribution in [0.25, 0.3) is 0 Å². The Morgan fingerprint density at radius 2 is 2.06 bits per heavy atom. The van der Waals surface area contributed by atoms with Crippen molar-refractivity contribution in [3.05, 3.63) is 51.2 Å². The topological polar surface area (TPSA) is 35.2 Å². The van der Waals surface area contributed by atoms with E-state index in [0.717, 1.165) is 12.2 Å². The van der Waals surface area contributed by atoms with Gasteiger partial charge in [0.2, 0.25) is 0 Å². The van der Waals surface area contributed by atoms with E-state index in [-0.39, 0.29) is 6.04 Å². The van der Waals surface area contributed by atoms with Crippen molar-refractivity contribution in [3.63, 3.8) is 0 Å². The average Bonchev–Trinajstić information content (AvgIpc) is 2.82. The van der Waals surface area contributed by atoms with Crippen molar-refractivity contribution in [2.75, 3.05) is 7.11 Å². The third-order valence-electron chi connectivity index (χ3n) is 3.14. The van der Waals surface area contributed by atoms with Gasteiger partial charge in [0.15, 0.2) is 0 Å². The Labute approximate surface area is 112 Å². The zero-order valence-corrected chi connectivity index (χ0v) is 11.9. The minimum Gasteiger partial charge on any atom is -0.496 e. The molecule has 2 rings (SSSR count). The molecular weight excluding hydrogens is 242 g/mol. The van der Waals surface area contributed by atoms with Gasteiger partial charge in [-0.2, -0.15) is 0 Å². The monoisotopic (exact) mass is 261 g/mol. The molecule has 0 fully saturated rings. The van der Waals surface area contributed by atoms with Crippen molar-refractivity contribution in [2.24, 2.45) is 5.73 Å². The average molecular weight is 261 g/mol. The number of nitrogens with two attached hydrogens (primary N) is 1. The van der Waals surface area contributed by atoms with E-state index >= 15 is 0 Å². The van der Waals surface area contributed by atoms with E-state index in [2.05, 4.69) is 32.0 Å². The van der Waals surface area contributed by atoms with Gasteiger partial charge in [0.25, 0.3) is 0 Å². The Balaban J connectivity index is 2.15. The van der Waals surface area contributed by atoms with E-state index in [4.69, 9.17) is 10.5 Å². The fraction of sp³-hybridized carbons (Fsp3) is 0.333. The van der Waals surface area contributed by atoms with Gasteiger partial charge in [0.05, 0.1) is 7.11 Å². The summed E-state index contributed by atoms with van der Waals surface area (Å²) in [4.78, 5) is 1.17. The van der Waals surface area contributed by atoms with Crippen LogP contribution in [0.2, 0.25) is 0 Å². The van der Waals surface area contributed by atoms with Gasteiger partial charge in [-0.1, -0.05) is 23.8 Å². The molecule has 0 aliphatic carbocycles. The fourth-order valence-corrected chi connectivity index (χ4v) is 2.85. The first-order valence-electron chi connectivity index (χ1n) is 6.04. The summed E-state index contributed by atoms with van der Waals surface area (Å²) in [7, 11) is 1.68. The molecule has 1 atom stereocenters. The molecule has 1 heterocycles. The van der Waals surface area contributed by atoms with Crippen molar-refractivity contribution in [3.8, 4) is 5.75 Å². The van der Waals surface area contributed by atoms with E-state index in [9.17, 15) is 0 Å². The van der Waals surface area contributed by atoms with Gasteiger partial charge in [-0.25, -0.2) is 0 Å². The third-order valence-corrected chi connectivity index (χ3v) is 4.18. The van der Waals surface area contributed by atoms with Crippen LogP contribution >= 0.6 is 11.3 Å². The van der Waals surface area contributed by atoms with Crippen LogP contribution in [0.5, 0.6) is 5.75 Å². The van der Waals surface area contributed by atoms with Gasteiger partial charge >= 0.3 is 0 Å². The smallest absolute Gasteiger partial charge is 0.129 e. The summed E-state index contributed by atoms with van der Waals surface area (Å²) in [5.41, 5.74) is 10.2. The van der Waals surface area contributed by atoms with E-state index in [1.807, 2.05) is 11.4 Å². The Kier molecular flexibility index (Phi) is 4.04. The standard InChI is InChI=1S/C15H19NOS/c1-10-4-5-11(2)12(6-10)7-14(16)15-8-13(17-3)9-18-15/h4-6,8-9,14H,7,16H2,1-3H3. The van der Waals surface area contributed by atoms with Crippen molar-refractivity contribution >= 4 is 11.3 Å². The number of aryl methyl sites for hydroxylation is 2. The fourth-order valence-electron chi connectivity index (χ4n) is 1.99. The molecule has 2 aromatic rings. The number of benzene rings is 1. The highest BCUT2D eigenvalue weighted by Crippen LogP contribution is 2.28. The van der Waals surface area contributed by atoms with Crippen LogP contribution in [0.4, 0.5) is 0 Å². The third kappa shape index (κ3) is 2.92. The summed E-state index contributed by atoms with van der Waals surface area (Å²) in [5.74, 6) is 0.895. The minimum atomic E-state index is 0.0411. The quantitative estimate of drug-likeness (QED) is 0.912. The molecule has 1 aromatic heterocycles. The second kappa shape index (κ2) is 5.55. The highest BCUT2D eigenvalue weighted by molar-refractivity contribution is 7.10. The number of methoxy groups -OCH3 is 1. The van der Waals surface area contributed by atoms with E-state index < -0.39 is 0 Å². The molecule has 2 nitrogen and oxygen atoms in total. The normalized spacial score (nSPS) is 12.4. The van der Waals surface area contributed by atoms with Gasteiger partial charge in [0, 0.05) is 16.3 Å². The second-order valence-corrected chi connectivity index (χ2v) is 5.57. The predicted octanol–water partition coefficient (Wildman–Crippen LogP) is 3.62. The summed E-state index contributed by atoms with van der Waals surface area (Å²) >= 11 is 1.66. The summed E-state index contributed by atoms with van der Waals surface area (Å²) in [5, 5.41) is 2.00. The molecule has 1 unspecified atom stereocenters. The molecular formula is C15H19NOS. The van der Waals surface area contributed by atoms with Crippen molar-refractivity contribution in [1.82, 2.24) is 0 Å². The Hall–Kier alpha value is -1.32. The summed E-state index contributed by atoms with van der Waals surface area (Å²) < 4.78 is 5.19. The number of hydrogen-bond acceptors (Lipinski definition) is 3. The second-order valence-electron chi connectivity index (χ2n) is 4.63. The van der Waals surface area contributed by atoms with Crippen LogP contribution in [0, 0.1) is 13.8 Å². The van der Waals surface area contributed by atoms with Gasteiger partial charge in [-0.15, -0.1) is 11.3 Å². The molecule has 1 aromatic carbocycles. The van der Waals surface area contributed by atoms with Gasteiger partial charge in [-0.3, -0.25) is 0 Å². The Bertz CT molecular complexity index is 533. The minimum absolute atomic E-state index is 0.0411. The zero-order chi connectivity index (χ0) is 13.1. The highest BCUT2D eigenvalue weighted by Gasteiger charge is 2.11. The number of ether oxygens (including phenoxy) is 1. The molecule has 0 spiro atoms.